The van der Waals surface area contributed by atoms with Gasteiger partial charge in [-0.1, -0.05) is 48.5 Å². The molecule has 2 heterocycles. The van der Waals surface area contributed by atoms with E-state index >= 15 is 0 Å². The second-order valence-electron chi connectivity index (χ2n) is 6.98. The molecule has 0 saturated carbocycles. The van der Waals surface area contributed by atoms with Crippen LogP contribution in [-0.4, -0.2) is 40.7 Å². The van der Waals surface area contributed by atoms with Crippen LogP contribution in [0.3, 0.4) is 0 Å². The van der Waals surface area contributed by atoms with E-state index < -0.39 is 0 Å². The van der Waals surface area contributed by atoms with Crippen molar-refractivity contribution in [3.63, 3.8) is 0 Å². The highest BCUT2D eigenvalue weighted by atomic mass is 35.5. The van der Waals surface area contributed by atoms with Gasteiger partial charge in [0.25, 0.3) is 0 Å². The zero-order valence-corrected chi connectivity index (χ0v) is 17.6. The lowest BCUT2D eigenvalue weighted by Crippen LogP contribution is -2.33. The molecule has 1 amide bonds. The Hall–Kier alpha value is -2.28. The Kier molecular flexibility index (Phi) is 7.36. The van der Waals surface area contributed by atoms with Crippen molar-refractivity contribution in [1.82, 2.24) is 9.88 Å². The number of amides is 1. The fourth-order valence-electron chi connectivity index (χ4n) is 3.51. The van der Waals surface area contributed by atoms with Gasteiger partial charge < -0.3 is 15.1 Å². The topological polar surface area (TPSA) is 72.4 Å². The summed E-state index contributed by atoms with van der Waals surface area (Å²) in [6.07, 6.45) is 1.66. The van der Waals surface area contributed by atoms with Crippen molar-refractivity contribution in [3.05, 3.63) is 78.2 Å². The first kappa shape index (κ1) is 21.4. The van der Waals surface area contributed by atoms with Gasteiger partial charge in [0, 0.05) is 36.4 Å². The average molecular weight is 430 g/mol. The Balaban J connectivity index is 0.00000240. The summed E-state index contributed by atoms with van der Waals surface area (Å²) in [5.41, 5.74) is 9.29. The van der Waals surface area contributed by atoms with E-state index in [4.69, 9.17) is 10.2 Å². The Bertz CT molecular complexity index is 920. The fourth-order valence-corrected chi connectivity index (χ4v) is 4.31. The van der Waals surface area contributed by atoms with E-state index in [1.165, 1.54) is 5.56 Å². The molecule has 1 fully saturated rings. The number of nitrogens with zero attached hydrogens (tertiary/aromatic N) is 2. The van der Waals surface area contributed by atoms with E-state index in [9.17, 15) is 4.79 Å². The molecule has 2 aromatic carbocycles. The number of oxazole rings is 1. The van der Waals surface area contributed by atoms with Crippen LogP contribution in [0.4, 0.5) is 0 Å². The largest absolute Gasteiger partial charge is 0.444 e. The summed E-state index contributed by atoms with van der Waals surface area (Å²) in [7, 11) is 0. The van der Waals surface area contributed by atoms with Crippen molar-refractivity contribution in [2.75, 3.05) is 18.8 Å². The van der Waals surface area contributed by atoms with Crippen LogP contribution in [0.25, 0.3) is 11.5 Å². The summed E-state index contributed by atoms with van der Waals surface area (Å²) in [4.78, 5) is 19.0. The summed E-state index contributed by atoms with van der Waals surface area (Å²) >= 11 is 1.55. The fraction of sp³-hybridized carbons (Fsp3) is 0.273. The standard InChI is InChI=1S/C22H23N3O2S.ClH/c23-20-12-25(11-19(20)16-7-3-1-4-8-16)21(26)15-28-14-18-13-27-22(24-18)17-9-5-2-6-10-17;/h1-10,13,19-20H,11-12,14-15,23H2;1H/t19-,20+;/m0./s1. The summed E-state index contributed by atoms with van der Waals surface area (Å²) in [5.74, 6) is 2.01. The normalized spacial score (nSPS) is 18.4. The minimum atomic E-state index is -0.0136. The molecule has 1 aliphatic heterocycles. The Morgan fingerprint density at radius 2 is 1.79 bits per heavy atom. The maximum atomic E-state index is 12.6. The van der Waals surface area contributed by atoms with Crippen LogP contribution in [0.5, 0.6) is 0 Å². The van der Waals surface area contributed by atoms with Gasteiger partial charge in [-0.3, -0.25) is 4.79 Å². The molecule has 7 heteroatoms. The molecule has 29 heavy (non-hydrogen) atoms. The molecular formula is C22H24ClN3O2S. The number of likely N-dealkylation sites (tertiary alicyclic amines) is 1. The predicted octanol–water partition coefficient (Wildman–Crippen LogP) is 3.95. The molecule has 0 aliphatic carbocycles. The van der Waals surface area contributed by atoms with Gasteiger partial charge in [-0.25, -0.2) is 4.98 Å². The summed E-state index contributed by atoms with van der Waals surface area (Å²) in [6.45, 7) is 1.30. The number of hydrogen-bond donors (Lipinski definition) is 1. The number of rotatable bonds is 6. The lowest BCUT2D eigenvalue weighted by atomic mass is 9.95. The highest BCUT2D eigenvalue weighted by Gasteiger charge is 2.33. The van der Waals surface area contributed by atoms with E-state index in [-0.39, 0.29) is 30.3 Å². The smallest absolute Gasteiger partial charge is 0.232 e. The number of nitrogens with two attached hydrogens (primary N) is 1. The summed E-state index contributed by atoms with van der Waals surface area (Å²) in [5, 5.41) is 0. The lowest BCUT2D eigenvalue weighted by molar-refractivity contribution is -0.127. The van der Waals surface area contributed by atoms with Crippen LogP contribution < -0.4 is 5.73 Å². The van der Waals surface area contributed by atoms with Crippen LogP contribution in [0.15, 0.2) is 71.3 Å². The highest BCUT2D eigenvalue weighted by Crippen LogP contribution is 2.27. The molecule has 4 rings (SSSR count). The van der Waals surface area contributed by atoms with Crippen molar-refractivity contribution >= 4 is 30.1 Å². The van der Waals surface area contributed by atoms with Gasteiger partial charge >= 0.3 is 0 Å². The van der Waals surface area contributed by atoms with Gasteiger partial charge in [-0.2, -0.15) is 0 Å². The number of halogens is 1. The third kappa shape index (κ3) is 5.21. The Morgan fingerprint density at radius 1 is 1.10 bits per heavy atom. The first-order valence-corrected chi connectivity index (χ1v) is 10.5. The number of benzene rings is 2. The van der Waals surface area contributed by atoms with E-state index in [0.29, 0.717) is 30.5 Å². The van der Waals surface area contributed by atoms with Gasteiger partial charge in [-0.15, -0.1) is 24.2 Å². The molecular weight excluding hydrogens is 406 g/mol. The van der Waals surface area contributed by atoms with E-state index in [2.05, 4.69) is 17.1 Å². The average Bonchev–Trinajstić information content (AvgIpc) is 3.36. The zero-order chi connectivity index (χ0) is 19.3. The van der Waals surface area contributed by atoms with E-state index in [1.54, 1.807) is 18.0 Å². The molecule has 152 valence electrons. The molecule has 1 saturated heterocycles. The molecule has 1 aliphatic rings. The first-order chi connectivity index (χ1) is 13.7. The molecule has 3 aromatic rings. The van der Waals surface area contributed by atoms with Crippen molar-refractivity contribution in [3.8, 4) is 11.5 Å². The molecule has 2 N–H and O–H groups in total. The molecule has 0 radical (unpaired) electrons. The molecule has 0 unspecified atom stereocenters. The van der Waals surface area contributed by atoms with Crippen molar-refractivity contribution in [1.29, 1.82) is 0 Å². The predicted molar refractivity (Wildman–Crippen MR) is 119 cm³/mol. The Morgan fingerprint density at radius 3 is 2.52 bits per heavy atom. The van der Waals surface area contributed by atoms with Crippen molar-refractivity contribution in [2.45, 2.75) is 17.7 Å². The van der Waals surface area contributed by atoms with Crippen LogP contribution in [0.1, 0.15) is 17.2 Å². The van der Waals surface area contributed by atoms with E-state index in [1.807, 2.05) is 53.4 Å². The molecule has 1 aromatic heterocycles. The van der Waals surface area contributed by atoms with E-state index in [0.717, 1.165) is 11.3 Å². The van der Waals surface area contributed by atoms with Gasteiger partial charge in [0.2, 0.25) is 11.8 Å². The van der Waals surface area contributed by atoms with Crippen LogP contribution in [0.2, 0.25) is 0 Å². The SMILES string of the molecule is Cl.N[C@@H]1CN(C(=O)CSCc2coc(-c3ccccc3)n2)C[C@H]1c1ccccc1. The van der Waals surface area contributed by atoms with Crippen molar-refractivity contribution < 1.29 is 9.21 Å². The number of aromatic nitrogens is 1. The maximum absolute atomic E-state index is 12.6. The third-order valence-corrected chi connectivity index (χ3v) is 5.94. The molecule has 2 atom stereocenters. The van der Waals surface area contributed by atoms with Gasteiger partial charge in [-0.05, 0) is 17.7 Å². The summed E-state index contributed by atoms with van der Waals surface area (Å²) in [6, 6.07) is 20.0. The second-order valence-corrected chi connectivity index (χ2v) is 7.97. The number of thioether (sulfide) groups is 1. The minimum Gasteiger partial charge on any atom is -0.444 e. The molecule has 0 bridgehead atoms. The van der Waals surface area contributed by atoms with Gasteiger partial charge in [0.1, 0.15) is 6.26 Å². The number of hydrogen-bond acceptors (Lipinski definition) is 5. The lowest BCUT2D eigenvalue weighted by Gasteiger charge is -2.16. The number of carbonyl (C=O) groups is 1. The second kappa shape index (κ2) is 9.96. The highest BCUT2D eigenvalue weighted by molar-refractivity contribution is 7.99. The Labute approximate surface area is 181 Å². The quantitative estimate of drug-likeness (QED) is 0.642. The third-order valence-electron chi connectivity index (χ3n) is 4.99. The summed E-state index contributed by atoms with van der Waals surface area (Å²) < 4.78 is 5.55. The van der Waals surface area contributed by atoms with Crippen LogP contribution >= 0.6 is 24.2 Å². The molecule has 5 nitrogen and oxygen atoms in total. The van der Waals surface area contributed by atoms with Crippen LogP contribution in [0, 0.1) is 0 Å². The molecule has 0 spiro atoms. The van der Waals surface area contributed by atoms with Crippen LogP contribution in [-0.2, 0) is 10.5 Å². The first-order valence-electron chi connectivity index (χ1n) is 9.36. The monoisotopic (exact) mass is 429 g/mol. The minimum absolute atomic E-state index is 0. The zero-order valence-electron chi connectivity index (χ0n) is 15.9. The van der Waals surface area contributed by atoms with Crippen molar-refractivity contribution in [2.24, 2.45) is 5.73 Å². The van der Waals surface area contributed by atoms with Gasteiger partial charge in [0.15, 0.2) is 0 Å². The van der Waals surface area contributed by atoms with Gasteiger partial charge in [0.05, 0.1) is 11.4 Å². The maximum Gasteiger partial charge on any atom is 0.232 e. The number of carbonyl (C=O) groups excluding carboxylic acids is 1.